The second kappa shape index (κ2) is 5.61. The molecule has 0 aliphatic carbocycles. The van der Waals surface area contributed by atoms with E-state index in [2.05, 4.69) is 0 Å². The molecule has 0 radical (unpaired) electrons. The van der Waals surface area contributed by atoms with Crippen LogP contribution in [0.4, 0.5) is 0 Å². The van der Waals surface area contributed by atoms with E-state index in [1.807, 2.05) is 26.8 Å². The predicted molar refractivity (Wildman–Crippen MR) is 55.3 cm³/mol. The van der Waals surface area contributed by atoms with Crippen LogP contribution in [0.5, 0.6) is 0 Å². The van der Waals surface area contributed by atoms with Crippen molar-refractivity contribution in [3.8, 4) is 6.07 Å². The Balaban J connectivity index is 4.32. The van der Waals surface area contributed by atoms with Crippen LogP contribution < -0.4 is 5.73 Å². The van der Waals surface area contributed by atoms with Gasteiger partial charge in [0.25, 0.3) is 0 Å². The van der Waals surface area contributed by atoms with Crippen LogP contribution in [0, 0.1) is 17.2 Å². The molecular formula is C10H19N3O. The molecule has 0 saturated heterocycles. The van der Waals surface area contributed by atoms with Gasteiger partial charge in [-0.2, -0.15) is 5.26 Å². The standard InChI is InChI=1S/C10H19N3O/c1-7(2)9(12)10(14)13(4)8(3)5-6-11/h7-9H,5,12H2,1-4H3/t8?,9-/m0/s1. The van der Waals surface area contributed by atoms with E-state index >= 15 is 0 Å². The van der Waals surface area contributed by atoms with Crippen LogP contribution in [0.2, 0.25) is 0 Å². The first-order chi connectivity index (χ1) is 6.41. The van der Waals surface area contributed by atoms with Gasteiger partial charge in [0.1, 0.15) is 0 Å². The van der Waals surface area contributed by atoms with Crippen molar-refractivity contribution < 1.29 is 4.79 Å². The summed E-state index contributed by atoms with van der Waals surface area (Å²) in [6, 6.07) is 1.49. The Morgan fingerprint density at radius 3 is 2.36 bits per heavy atom. The first-order valence-corrected chi connectivity index (χ1v) is 4.81. The molecular weight excluding hydrogens is 178 g/mol. The van der Waals surface area contributed by atoms with E-state index in [0.717, 1.165) is 0 Å². The summed E-state index contributed by atoms with van der Waals surface area (Å²) in [6.07, 6.45) is 0.340. The second-order valence-corrected chi connectivity index (χ2v) is 3.93. The summed E-state index contributed by atoms with van der Waals surface area (Å²) in [4.78, 5) is 13.2. The first kappa shape index (κ1) is 12.9. The third kappa shape index (κ3) is 3.35. The van der Waals surface area contributed by atoms with Gasteiger partial charge in [-0.25, -0.2) is 0 Å². The van der Waals surface area contributed by atoms with E-state index in [4.69, 9.17) is 11.0 Å². The maximum absolute atomic E-state index is 11.7. The number of hydrogen-bond acceptors (Lipinski definition) is 3. The predicted octanol–water partition coefficient (Wildman–Crippen LogP) is 0.730. The average Bonchev–Trinajstić information content (AvgIpc) is 2.14. The van der Waals surface area contributed by atoms with Gasteiger partial charge in [0.2, 0.25) is 5.91 Å². The molecule has 4 heteroatoms. The molecule has 0 bridgehead atoms. The molecule has 0 spiro atoms. The number of amides is 1. The molecule has 4 nitrogen and oxygen atoms in total. The normalized spacial score (nSPS) is 14.6. The lowest BCUT2D eigenvalue weighted by atomic mass is 10.0. The Labute approximate surface area is 85.7 Å². The number of hydrogen-bond donors (Lipinski definition) is 1. The molecule has 2 atom stereocenters. The SMILES string of the molecule is CC(C)[C@H](N)C(=O)N(C)C(C)CC#N. The van der Waals surface area contributed by atoms with Gasteiger partial charge in [-0.15, -0.1) is 0 Å². The zero-order chi connectivity index (χ0) is 11.3. The number of nitriles is 1. The highest BCUT2D eigenvalue weighted by molar-refractivity contribution is 5.81. The lowest BCUT2D eigenvalue weighted by Crippen LogP contribution is -2.47. The highest BCUT2D eigenvalue weighted by Crippen LogP contribution is 2.06. The van der Waals surface area contributed by atoms with Gasteiger partial charge in [-0.1, -0.05) is 13.8 Å². The Morgan fingerprint density at radius 2 is 2.00 bits per heavy atom. The Bertz CT molecular complexity index is 232. The topological polar surface area (TPSA) is 70.1 Å². The summed E-state index contributed by atoms with van der Waals surface area (Å²) in [5.74, 6) is 0.0296. The van der Waals surface area contributed by atoms with Gasteiger partial charge in [-0.05, 0) is 12.8 Å². The van der Waals surface area contributed by atoms with Crippen molar-refractivity contribution in [2.45, 2.75) is 39.3 Å². The maximum atomic E-state index is 11.7. The molecule has 14 heavy (non-hydrogen) atoms. The fourth-order valence-electron chi connectivity index (χ4n) is 1.01. The molecule has 0 heterocycles. The molecule has 0 aromatic rings. The Hall–Kier alpha value is -1.08. The van der Waals surface area contributed by atoms with Crippen LogP contribution in [-0.2, 0) is 4.79 Å². The van der Waals surface area contributed by atoms with Crippen LogP contribution in [0.25, 0.3) is 0 Å². The Morgan fingerprint density at radius 1 is 1.50 bits per heavy atom. The van der Waals surface area contributed by atoms with Crippen molar-refractivity contribution >= 4 is 5.91 Å². The number of carbonyl (C=O) groups excluding carboxylic acids is 1. The van der Waals surface area contributed by atoms with E-state index in [1.165, 1.54) is 0 Å². The minimum absolute atomic E-state index is 0.0719. The molecule has 0 aromatic carbocycles. The molecule has 2 N–H and O–H groups in total. The third-order valence-corrected chi connectivity index (χ3v) is 2.40. The minimum atomic E-state index is -0.471. The van der Waals surface area contributed by atoms with Crippen LogP contribution in [0.1, 0.15) is 27.2 Å². The monoisotopic (exact) mass is 197 g/mol. The summed E-state index contributed by atoms with van der Waals surface area (Å²) in [5.41, 5.74) is 5.72. The summed E-state index contributed by atoms with van der Waals surface area (Å²) in [6.45, 7) is 5.66. The van der Waals surface area contributed by atoms with E-state index in [-0.39, 0.29) is 17.9 Å². The zero-order valence-corrected chi connectivity index (χ0v) is 9.32. The fourth-order valence-corrected chi connectivity index (χ4v) is 1.01. The average molecular weight is 197 g/mol. The fraction of sp³-hybridized carbons (Fsp3) is 0.800. The molecule has 1 unspecified atom stereocenters. The number of likely N-dealkylation sites (N-methyl/N-ethyl adjacent to an activating group) is 1. The van der Waals surface area contributed by atoms with Crippen LogP contribution in [-0.4, -0.2) is 29.9 Å². The van der Waals surface area contributed by atoms with E-state index < -0.39 is 6.04 Å². The largest absolute Gasteiger partial charge is 0.341 e. The number of carbonyl (C=O) groups is 1. The van der Waals surface area contributed by atoms with Gasteiger partial charge in [-0.3, -0.25) is 4.79 Å². The first-order valence-electron chi connectivity index (χ1n) is 4.81. The highest BCUT2D eigenvalue weighted by Gasteiger charge is 2.23. The van der Waals surface area contributed by atoms with E-state index in [1.54, 1.807) is 11.9 Å². The van der Waals surface area contributed by atoms with Crippen molar-refractivity contribution in [2.24, 2.45) is 11.7 Å². The number of nitrogens with two attached hydrogens (primary N) is 1. The summed E-state index contributed by atoms with van der Waals surface area (Å²) >= 11 is 0. The second-order valence-electron chi connectivity index (χ2n) is 3.93. The van der Waals surface area contributed by atoms with Crippen molar-refractivity contribution in [1.29, 1.82) is 5.26 Å². The quantitative estimate of drug-likeness (QED) is 0.722. The Kier molecular flexibility index (Phi) is 5.18. The molecule has 0 fully saturated rings. The zero-order valence-electron chi connectivity index (χ0n) is 9.32. The van der Waals surface area contributed by atoms with Gasteiger partial charge >= 0.3 is 0 Å². The number of nitrogens with zero attached hydrogens (tertiary/aromatic N) is 2. The van der Waals surface area contributed by atoms with Crippen molar-refractivity contribution in [1.82, 2.24) is 4.90 Å². The molecule has 80 valence electrons. The smallest absolute Gasteiger partial charge is 0.239 e. The third-order valence-electron chi connectivity index (χ3n) is 2.40. The van der Waals surface area contributed by atoms with Crippen LogP contribution >= 0.6 is 0 Å². The van der Waals surface area contributed by atoms with Crippen molar-refractivity contribution in [2.75, 3.05) is 7.05 Å². The number of rotatable bonds is 4. The van der Waals surface area contributed by atoms with Crippen molar-refractivity contribution in [3.63, 3.8) is 0 Å². The van der Waals surface area contributed by atoms with Gasteiger partial charge in [0, 0.05) is 13.1 Å². The van der Waals surface area contributed by atoms with Gasteiger partial charge in [0.05, 0.1) is 18.5 Å². The lowest BCUT2D eigenvalue weighted by Gasteiger charge is -2.27. The lowest BCUT2D eigenvalue weighted by molar-refractivity contribution is -0.133. The van der Waals surface area contributed by atoms with Gasteiger partial charge < -0.3 is 10.6 Å². The molecule has 0 rings (SSSR count). The highest BCUT2D eigenvalue weighted by atomic mass is 16.2. The summed E-state index contributed by atoms with van der Waals surface area (Å²) < 4.78 is 0. The van der Waals surface area contributed by atoms with Crippen LogP contribution in [0.3, 0.4) is 0 Å². The maximum Gasteiger partial charge on any atom is 0.239 e. The van der Waals surface area contributed by atoms with E-state index in [9.17, 15) is 4.79 Å². The molecule has 0 aromatic heterocycles. The van der Waals surface area contributed by atoms with Crippen molar-refractivity contribution in [3.05, 3.63) is 0 Å². The molecule has 1 amide bonds. The summed E-state index contributed by atoms with van der Waals surface area (Å²) in [7, 11) is 1.69. The minimum Gasteiger partial charge on any atom is -0.341 e. The molecule has 0 saturated carbocycles. The van der Waals surface area contributed by atoms with Crippen LogP contribution in [0.15, 0.2) is 0 Å². The van der Waals surface area contributed by atoms with Gasteiger partial charge in [0.15, 0.2) is 0 Å². The molecule has 0 aliphatic rings. The molecule has 0 aliphatic heterocycles. The van der Waals surface area contributed by atoms with E-state index in [0.29, 0.717) is 6.42 Å². The summed E-state index contributed by atoms with van der Waals surface area (Å²) in [5, 5.41) is 8.50.